The van der Waals surface area contributed by atoms with Gasteiger partial charge in [-0.05, 0) is 49.8 Å². The van der Waals surface area contributed by atoms with Gasteiger partial charge in [0.2, 0.25) is 5.70 Å². The number of allylic oxidation sites excluding steroid dienone is 2. The third kappa shape index (κ3) is 4.69. The van der Waals surface area contributed by atoms with Crippen molar-refractivity contribution in [1.29, 1.82) is 0 Å². The van der Waals surface area contributed by atoms with Crippen LogP contribution in [0, 0.1) is 12.5 Å². The van der Waals surface area contributed by atoms with Gasteiger partial charge in [0.05, 0.1) is 28.0 Å². The molecule has 2 aliphatic carbocycles. The topological polar surface area (TPSA) is 41.7 Å². The van der Waals surface area contributed by atoms with Crippen LogP contribution in [-0.2, 0) is 0 Å². The van der Waals surface area contributed by atoms with E-state index in [-0.39, 0.29) is 5.92 Å². The van der Waals surface area contributed by atoms with Gasteiger partial charge in [0.25, 0.3) is 0 Å². The number of hydrogen-bond donors (Lipinski definition) is 1. The maximum Gasteiger partial charge on any atom is 0.229 e. The van der Waals surface area contributed by atoms with Gasteiger partial charge in [-0.25, -0.2) is 4.85 Å². The van der Waals surface area contributed by atoms with Crippen LogP contribution >= 0.6 is 23.2 Å². The summed E-state index contributed by atoms with van der Waals surface area (Å²) in [6.07, 6.45) is 11.7. The molecule has 2 saturated carbocycles. The SMILES string of the molecule is [C-]#[N+]C1=C(Cl)C(=C(Oc2ccccc2)c2cc(Cl)c(C3CCCCC3)[nH]2)N=C1C1CCCCC1. The molecule has 34 heavy (non-hydrogen) atoms. The highest BCUT2D eigenvalue weighted by Gasteiger charge is 2.33. The Labute approximate surface area is 211 Å². The summed E-state index contributed by atoms with van der Waals surface area (Å²) in [7, 11) is 0. The number of hydrogen-bond acceptors (Lipinski definition) is 2. The maximum atomic E-state index is 7.82. The molecule has 0 amide bonds. The number of nitrogens with one attached hydrogen (secondary N) is 1. The highest BCUT2D eigenvalue weighted by molar-refractivity contribution is 6.37. The minimum Gasteiger partial charge on any atom is -0.453 e. The lowest BCUT2D eigenvalue weighted by molar-refractivity contribution is 0.437. The molecule has 1 aromatic carbocycles. The third-order valence-corrected chi connectivity index (χ3v) is 7.90. The predicted octanol–water partition coefficient (Wildman–Crippen LogP) is 8.87. The highest BCUT2D eigenvalue weighted by atomic mass is 35.5. The number of ether oxygens (including phenoxy) is 1. The minimum atomic E-state index is 0.270. The van der Waals surface area contributed by atoms with Gasteiger partial charge >= 0.3 is 0 Å². The average molecular weight is 494 g/mol. The summed E-state index contributed by atoms with van der Waals surface area (Å²) in [5.41, 5.74) is 3.61. The van der Waals surface area contributed by atoms with Gasteiger partial charge in [0.15, 0.2) is 5.76 Å². The summed E-state index contributed by atoms with van der Waals surface area (Å²) in [6.45, 7) is 7.82. The number of rotatable bonds is 5. The van der Waals surface area contributed by atoms with Gasteiger partial charge in [-0.2, -0.15) is 0 Å². The van der Waals surface area contributed by atoms with Crippen molar-refractivity contribution in [3.05, 3.63) is 80.7 Å². The molecule has 1 aliphatic heterocycles. The molecule has 0 saturated heterocycles. The zero-order valence-electron chi connectivity index (χ0n) is 19.2. The highest BCUT2D eigenvalue weighted by Crippen LogP contribution is 2.42. The lowest BCUT2D eigenvalue weighted by Crippen LogP contribution is -2.17. The average Bonchev–Trinajstić information content (AvgIpc) is 3.43. The van der Waals surface area contributed by atoms with E-state index in [0.717, 1.165) is 60.6 Å². The van der Waals surface area contributed by atoms with Crippen LogP contribution in [0.3, 0.4) is 0 Å². The minimum absolute atomic E-state index is 0.270. The van der Waals surface area contributed by atoms with E-state index in [1.165, 1.54) is 25.7 Å². The summed E-state index contributed by atoms with van der Waals surface area (Å²) in [5.74, 6) is 1.90. The molecular weight excluding hydrogens is 465 g/mol. The fourth-order valence-electron chi connectivity index (χ4n) is 5.46. The summed E-state index contributed by atoms with van der Waals surface area (Å²) in [5, 5.41) is 1.09. The quantitative estimate of drug-likeness (QED) is 0.327. The Kier molecular flexibility index (Phi) is 7.13. The van der Waals surface area contributed by atoms with Crippen molar-refractivity contribution in [2.24, 2.45) is 10.9 Å². The summed E-state index contributed by atoms with van der Waals surface area (Å²) in [4.78, 5) is 12.3. The Hall–Kier alpha value is -2.48. The molecule has 3 aliphatic rings. The van der Waals surface area contributed by atoms with Gasteiger partial charge in [0, 0.05) is 11.6 Å². The van der Waals surface area contributed by atoms with Gasteiger partial charge in [-0.15, -0.1) is 0 Å². The van der Waals surface area contributed by atoms with E-state index in [1.54, 1.807) is 0 Å². The van der Waals surface area contributed by atoms with Crippen LogP contribution in [0.15, 0.2) is 57.8 Å². The standard InChI is InChI=1S/C28H29Cl2N3O/c1-31-26-23(30)27(33-25(26)19-13-7-3-8-14-19)28(34-20-15-9-4-10-16-20)22-17-21(29)24(32-22)18-11-5-2-6-12-18/h4,9-10,15-19,32H,2-3,5-8,11-14H2. The van der Waals surface area contributed by atoms with E-state index in [4.69, 9.17) is 39.5 Å². The van der Waals surface area contributed by atoms with Crippen molar-refractivity contribution >= 4 is 34.7 Å². The fraction of sp³-hybridized carbons (Fsp3) is 0.429. The first-order chi connectivity index (χ1) is 16.7. The molecular formula is C28H29Cl2N3O. The molecule has 0 atom stereocenters. The van der Waals surface area contributed by atoms with Gasteiger partial charge < -0.3 is 9.72 Å². The number of aromatic amines is 1. The number of aliphatic imine (C=N–C) groups is 1. The number of benzene rings is 1. The molecule has 0 bridgehead atoms. The lowest BCUT2D eigenvalue weighted by atomic mass is 9.85. The molecule has 2 fully saturated rings. The van der Waals surface area contributed by atoms with Gasteiger partial charge in [-0.3, -0.25) is 4.99 Å². The molecule has 2 heterocycles. The Morgan fingerprint density at radius 2 is 1.59 bits per heavy atom. The predicted molar refractivity (Wildman–Crippen MR) is 139 cm³/mol. The Balaban J connectivity index is 1.61. The molecule has 1 N–H and O–H groups in total. The molecule has 4 nitrogen and oxygen atoms in total. The van der Waals surface area contributed by atoms with Crippen LogP contribution in [0.5, 0.6) is 5.75 Å². The molecule has 0 radical (unpaired) electrons. The van der Waals surface area contributed by atoms with Gasteiger partial charge in [-0.1, -0.05) is 79.9 Å². The van der Waals surface area contributed by atoms with Crippen molar-refractivity contribution in [3.63, 3.8) is 0 Å². The first-order valence-corrected chi connectivity index (χ1v) is 13.1. The van der Waals surface area contributed by atoms with E-state index >= 15 is 0 Å². The van der Waals surface area contributed by atoms with E-state index in [0.29, 0.717) is 33.9 Å². The van der Waals surface area contributed by atoms with Gasteiger partial charge in [0.1, 0.15) is 11.4 Å². The monoisotopic (exact) mass is 493 g/mol. The number of nitrogens with zero attached hydrogens (tertiary/aromatic N) is 2. The maximum absolute atomic E-state index is 7.82. The van der Waals surface area contributed by atoms with Crippen LogP contribution in [-0.4, -0.2) is 10.7 Å². The smallest absolute Gasteiger partial charge is 0.229 e. The van der Waals surface area contributed by atoms with Crippen LogP contribution in [0.4, 0.5) is 0 Å². The number of para-hydroxylation sites is 1. The first kappa shape index (κ1) is 23.3. The second-order valence-electron chi connectivity index (χ2n) is 9.48. The molecule has 5 rings (SSSR count). The van der Waals surface area contributed by atoms with Crippen molar-refractivity contribution in [2.45, 2.75) is 70.1 Å². The summed E-state index contributed by atoms with van der Waals surface area (Å²) >= 11 is 13.6. The zero-order valence-corrected chi connectivity index (χ0v) is 20.8. The van der Waals surface area contributed by atoms with Crippen LogP contribution < -0.4 is 4.74 Å². The van der Waals surface area contributed by atoms with Crippen molar-refractivity contribution < 1.29 is 4.74 Å². The number of halogens is 2. The second kappa shape index (κ2) is 10.4. The fourth-order valence-corrected chi connectivity index (χ4v) is 6.04. The molecule has 2 aromatic rings. The van der Waals surface area contributed by atoms with Crippen molar-refractivity contribution in [2.75, 3.05) is 0 Å². The molecule has 6 heteroatoms. The first-order valence-electron chi connectivity index (χ1n) is 12.4. The Bertz CT molecular complexity index is 1170. The molecule has 0 unspecified atom stereocenters. The zero-order chi connectivity index (χ0) is 23.5. The third-order valence-electron chi connectivity index (χ3n) is 7.23. The Morgan fingerprint density at radius 3 is 2.24 bits per heavy atom. The van der Waals surface area contributed by atoms with E-state index in [9.17, 15) is 0 Å². The lowest BCUT2D eigenvalue weighted by Gasteiger charge is -2.21. The second-order valence-corrected chi connectivity index (χ2v) is 10.3. The number of H-pyrrole nitrogens is 1. The molecule has 176 valence electrons. The summed E-state index contributed by atoms with van der Waals surface area (Å²) in [6, 6.07) is 11.5. The van der Waals surface area contributed by atoms with Crippen LogP contribution in [0.1, 0.15) is 81.5 Å². The number of aromatic nitrogens is 1. The Morgan fingerprint density at radius 1 is 0.941 bits per heavy atom. The summed E-state index contributed by atoms with van der Waals surface area (Å²) < 4.78 is 6.40. The normalized spacial score (nSPS) is 21.4. The van der Waals surface area contributed by atoms with E-state index in [1.807, 2.05) is 36.4 Å². The van der Waals surface area contributed by atoms with Crippen LogP contribution in [0.25, 0.3) is 10.6 Å². The van der Waals surface area contributed by atoms with E-state index in [2.05, 4.69) is 9.83 Å². The van der Waals surface area contributed by atoms with Crippen molar-refractivity contribution in [1.82, 2.24) is 4.98 Å². The molecule has 1 aromatic heterocycles. The molecule has 0 spiro atoms. The van der Waals surface area contributed by atoms with Crippen molar-refractivity contribution in [3.8, 4) is 5.75 Å². The largest absolute Gasteiger partial charge is 0.453 e. The van der Waals surface area contributed by atoms with E-state index < -0.39 is 0 Å². The van der Waals surface area contributed by atoms with Crippen LogP contribution in [0.2, 0.25) is 5.02 Å².